The molecule has 1 saturated heterocycles. The lowest BCUT2D eigenvalue weighted by Crippen LogP contribution is -2.37. The Morgan fingerprint density at radius 1 is 1.28 bits per heavy atom. The predicted molar refractivity (Wildman–Crippen MR) is 67.4 cm³/mol. The molecule has 2 N–H and O–H groups in total. The highest BCUT2D eigenvalue weighted by molar-refractivity contribution is 5.84. The minimum absolute atomic E-state index is 0.00847. The number of hydrogen-bond donors (Lipinski definition) is 2. The van der Waals surface area contributed by atoms with Crippen molar-refractivity contribution in [2.75, 3.05) is 11.9 Å². The monoisotopic (exact) mass is 249 g/mol. The highest BCUT2D eigenvalue weighted by Gasteiger charge is 2.20. The van der Waals surface area contributed by atoms with E-state index < -0.39 is 4.92 Å². The summed E-state index contributed by atoms with van der Waals surface area (Å²) in [5, 5.41) is 16.5. The number of nitrogens with zero attached hydrogens (tertiary/aromatic N) is 1. The fourth-order valence-electron chi connectivity index (χ4n) is 1.96. The molecule has 1 aromatic carbocycles. The second kappa shape index (κ2) is 5.48. The molecule has 6 nitrogen and oxygen atoms in total. The summed E-state index contributed by atoms with van der Waals surface area (Å²) in [5.74, 6) is -0.00847. The minimum Gasteiger partial charge on any atom is -0.374 e. The number of anilines is 1. The molecule has 0 aliphatic carbocycles. The third-order valence-corrected chi connectivity index (χ3v) is 2.95. The summed E-state index contributed by atoms with van der Waals surface area (Å²) >= 11 is 0. The van der Waals surface area contributed by atoms with Crippen LogP contribution in [0.3, 0.4) is 0 Å². The van der Waals surface area contributed by atoms with Gasteiger partial charge >= 0.3 is 0 Å². The molecule has 96 valence electrons. The van der Waals surface area contributed by atoms with Crippen molar-refractivity contribution in [1.29, 1.82) is 0 Å². The smallest absolute Gasteiger partial charge is 0.269 e. The molecule has 1 fully saturated rings. The van der Waals surface area contributed by atoms with Crippen molar-refractivity contribution in [3.63, 3.8) is 0 Å². The van der Waals surface area contributed by atoms with Crippen molar-refractivity contribution < 1.29 is 9.72 Å². The van der Waals surface area contributed by atoms with Crippen LogP contribution in [0.2, 0.25) is 0 Å². The highest BCUT2D eigenvalue weighted by Crippen LogP contribution is 2.18. The number of benzene rings is 1. The van der Waals surface area contributed by atoms with Crippen molar-refractivity contribution in [1.82, 2.24) is 5.32 Å². The molecule has 0 bridgehead atoms. The second-order valence-corrected chi connectivity index (χ2v) is 4.29. The SMILES string of the molecule is O=C1NCCCCC1Nc1ccc([N+](=O)[O-])cc1. The lowest BCUT2D eigenvalue weighted by atomic mass is 10.1. The number of rotatable bonds is 3. The number of nitrogens with one attached hydrogen (secondary N) is 2. The van der Waals surface area contributed by atoms with E-state index in [-0.39, 0.29) is 17.6 Å². The van der Waals surface area contributed by atoms with Crippen LogP contribution in [-0.2, 0) is 4.79 Å². The Hall–Kier alpha value is -2.11. The van der Waals surface area contributed by atoms with Crippen molar-refractivity contribution in [2.45, 2.75) is 25.3 Å². The molecule has 1 aromatic rings. The average Bonchev–Trinajstić information content (AvgIpc) is 2.56. The summed E-state index contributed by atoms with van der Waals surface area (Å²) in [6.07, 6.45) is 2.76. The molecule has 0 spiro atoms. The molecule has 0 saturated carbocycles. The van der Waals surface area contributed by atoms with E-state index in [9.17, 15) is 14.9 Å². The maximum absolute atomic E-state index is 11.7. The summed E-state index contributed by atoms with van der Waals surface area (Å²) in [7, 11) is 0. The van der Waals surface area contributed by atoms with Crippen LogP contribution < -0.4 is 10.6 Å². The molecule has 1 atom stereocenters. The van der Waals surface area contributed by atoms with Gasteiger partial charge in [-0.15, -0.1) is 0 Å². The molecular weight excluding hydrogens is 234 g/mol. The number of nitro groups is 1. The Morgan fingerprint density at radius 3 is 2.67 bits per heavy atom. The molecule has 1 heterocycles. The van der Waals surface area contributed by atoms with E-state index in [1.165, 1.54) is 12.1 Å². The Labute approximate surface area is 105 Å². The van der Waals surface area contributed by atoms with Gasteiger partial charge in [-0.05, 0) is 31.4 Å². The molecular formula is C12H15N3O3. The Morgan fingerprint density at radius 2 is 2.00 bits per heavy atom. The molecule has 2 rings (SSSR count). The van der Waals surface area contributed by atoms with Gasteiger partial charge in [0.15, 0.2) is 0 Å². The van der Waals surface area contributed by atoms with Gasteiger partial charge in [-0.1, -0.05) is 0 Å². The normalized spacial score (nSPS) is 19.8. The summed E-state index contributed by atoms with van der Waals surface area (Å²) in [6.45, 7) is 0.720. The van der Waals surface area contributed by atoms with Crippen LogP contribution in [0, 0.1) is 10.1 Å². The van der Waals surface area contributed by atoms with E-state index in [0.29, 0.717) is 0 Å². The molecule has 0 aromatic heterocycles. The average molecular weight is 249 g/mol. The van der Waals surface area contributed by atoms with Gasteiger partial charge in [-0.25, -0.2) is 0 Å². The number of non-ortho nitro benzene ring substituents is 1. The quantitative estimate of drug-likeness (QED) is 0.630. The van der Waals surface area contributed by atoms with Crippen LogP contribution >= 0.6 is 0 Å². The number of carbonyl (C=O) groups excluding carboxylic acids is 1. The Kier molecular flexibility index (Phi) is 3.76. The zero-order valence-corrected chi connectivity index (χ0v) is 9.89. The number of amides is 1. The fraction of sp³-hybridized carbons (Fsp3) is 0.417. The molecule has 1 aliphatic heterocycles. The summed E-state index contributed by atoms with van der Waals surface area (Å²) in [4.78, 5) is 21.8. The van der Waals surface area contributed by atoms with Crippen molar-refractivity contribution in [2.24, 2.45) is 0 Å². The molecule has 18 heavy (non-hydrogen) atoms. The largest absolute Gasteiger partial charge is 0.374 e. The van der Waals surface area contributed by atoms with Gasteiger partial charge < -0.3 is 10.6 Å². The summed E-state index contributed by atoms with van der Waals surface area (Å²) < 4.78 is 0. The van der Waals surface area contributed by atoms with E-state index in [1.54, 1.807) is 12.1 Å². The van der Waals surface area contributed by atoms with Gasteiger partial charge in [-0.2, -0.15) is 0 Å². The lowest BCUT2D eigenvalue weighted by Gasteiger charge is -2.16. The topological polar surface area (TPSA) is 84.3 Å². The van der Waals surface area contributed by atoms with Crippen LogP contribution in [0.1, 0.15) is 19.3 Å². The Balaban J connectivity index is 2.03. The van der Waals surface area contributed by atoms with E-state index in [4.69, 9.17) is 0 Å². The third kappa shape index (κ3) is 2.97. The number of hydrogen-bond acceptors (Lipinski definition) is 4. The van der Waals surface area contributed by atoms with Gasteiger partial charge in [0, 0.05) is 24.4 Å². The molecule has 1 unspecified atom stereocenters. The molecule has 0 radical (unpaired) electrons. The maximum Gasteiger partial charge on any atom is 0.269 e. The van der Waals surface area contributed by atoms with Crippen molar-refractivity contribution >= 4 is 17.3 Å². The van der Waals surface area contributed by atoms with Crippen LogP contribution in [-0.4, -0.2) is 23.4 Å². The van der Waals surface area contributed by atoms with Gasteiger partial charge in [0.2, 0.25) is 5.91 Å². The van der Waals surface area contributed by atoms with Crippen LogP contribution in [0.15, 0.2) is 24.3 Å². The van der Waals surface area contributed by atoms with Gasteiger partial charge in [-0.3, -0.25) is 14.9 Å². The van der Waals surface area contributed by atoms with E-state index in [0.717, 1.165) is 31.5 Å². The fourth-order valence-corrected chi connectivity index (χ4v) is 1.96. The second-order valence-electron chi connectivity index (χ2n) is 4.29. The van der Waals surface area contributed by atoms with E-state index >= 15 is 0 Å². The number of carbonyl (C=O) groups is 1. The van der Waals surface area contributed by atoms with Crippen LogP contribution in [0.25, 0.3) is 0 Å². The van der Waals surface area contributed by atoms with Gasteiger partial charge in [0.25, 0.3) is 5.69 Å². The summed E-state index contributed by atoms with van der Waals surface area (Å²) in [5.41, 5.74) is 0.772. The van der Waals surface area contributed by atoms with Crippen molar-refractivity contribution in [3.8, 4) is 0 Å². The van der Waals surface area contributed by atoms with Gasteiger partial charge in [0.1, 0.15) is 6.04 Å². The van der Waals surface area contributed by atoms with E-state index in [2.05, 4.69) is 10.6 Å². The molecule has 1 aliphatic rings. The summed E-state index contributed by atoms with van der Waals surface area (Å²) in [6, 6.07) is 5.84. The highest BCUT2D eigenvalue weighted by atomic mass is 16.6. The van der Waals surface area contributed by atoms with Gasteiger partial charge in [0.05, 0.1) is 4.92 Å². The predicted octanol–water partition coefficient (Wildman–Crippen LogP) is 1.68. The zero-order valence-electron chi connectivity index (χ0n) is 9.89. The first-order valence-corrected chi connectivity index (χ1v) is 5.95. The third-order valence-electron chi connectivity index (χ3n) is 2.95. The first kappa shape index (κ1) is 12.3. The standard InChI is InChI=1S/C12H15N3O3/c16-12-11(3-1-2-8-13-12)14-9-4-6-10(7-5-9)15(17)18/h4-7,11,14H,1-3,8H2,(H,13,16). The Bertz CT molecular complexity index is 444. The molecule has 6 heteroatoms. The van der Waals surface area contributed by atoms with E-state index in [1.807, 2.05) is 0 Å². The maximum atomic E-state index is 11.7. The van der Waals surface area contributed by atoms with Crippen molar-refractivity contribution in [3.05, 3.63) is 34.4 Å². The van der Waals surface area contributed by atoms with Crippen LogP contribution in [0.4, 0.5) is 11.4 Å². The zero-order chi connectivity index (χ0) is 13.0. The van der Waals surface area contributed by atoms with Crippen LogP contribution in [0.5, 0.6) is 0 Å². The lowest BCUT2D eigenvalue weighted by molar-refractivity contribution is -0.384. The first-order chi connectivity index (χ1) is 8.66. The molecule has 1 amide bonds. The first-order valence-electron chi connectivity index (χ1n) is 5.95. The number of nitro benzene ring substituents is 1. The minimum atomic E-state index is -0.442.